The van der Waals surface area contributed by atoms with Crippen molar-refractivity contribution in [3.8, 4) is 11.1 Å². The predicted molar refractivity (Wildman–Crippen MR) is 100.0 cm³/mol. The molecule has 0 fully saturated rings. The summed E-state index contributed by atoms with van der Waals surface area (Å²) in [6.07, 6.45) is -0.769. The van der Waals surface area contributed by atoms with Gasteiger partial charge in [-0.05, 0) is 46.9 Å². The lowest BCUT2D eigenvalue weighted by atomic mass is 9.92. The number of benzene rings is 3. The maximum atomic E-state index is 10.6. The molecule has 2 atom stereocenters. The van der Waals surface area contributed by atoms with Crippen molar-refractivity contribution in [2.24, 2.45) is 5.73 Å². The number of aliphatic hydroxyl groups is 1. The van der Waals surface area contributed by atoms with Gasteiger partial charge in [0.05, 0.1) is 12.1 Å². The first-order valence-electron chi connectivity index (χ1n) is 7.91. The van der Waals surface area contributed by atoms with Crippen LogP contribution in [0.3, 0.4) is 0 Å². The summed E-state index contributed by atoms with van der Waals surface area (Å²) >= 11 is 5.91. The van der Waals surface area contributed by atoms with Crippen LogP contribution in [0.1, 0.15) is 28.8 Å². The van der Waals surface area contributed by atoms with E-state index in [1.54, 1.807) is 12.1 Å². The lowest BCUT2D eigenvalue weighted by molar-refractivity contribution is 0.147. The second-order valence-electron chi connectivity index (χ2n) is 5.96. The van der Waals surface area contributed by atoms with Gasteiger partial charge in [-0.3, -0.25) is 0 Å². The zero-order valence-electron chi connectivity index (χ0n) is 13.5. The van der Waals surface area contributed by atoms with E-state index < -0.39 is 12.1 Å². The molecule has 0 heterocycles. The van der Waals surface area contributed by atoms with E-state index in [-0.39, 0.29) is 0 Å². The lowest BCUT2D eigenvalue weighted by Crippen LogP contribution is -2.19. The van der Waals surface area contributed by atoms with E-state index in [0.717, 1.165) is 27.8 Å². The number of nitrogens with two attached hydrogens (primary N) is 1. The molecule has 2 unspecified atom stereocenters. The summed E-state index contributed by atoms with van der Waals surface area (Å²) in [6, 6.07) is 23.0. The van der Waals surface area contributed by atoms with Crippen LogP contribution in [0.25, 0.3) is 11.1 Å². The minimum Gasteiger partial charge on any atom is -0.386 e. The van der Waals surface area contributed by atoms with Gasteiger partial charge in [0.2, 0.25) is 0 Å². The molecule has 2 nitrogen and oxygen atoms in total. The first-order valence-corrected chi connectivity index (χ1v) is 8.29. The minimum atomic E-state index is -0.769. The Balaban J connectivity index is 1.87. The highest BCUT2D eigenvalue weighted by Crippen LogP contribution is 2.31. The normalized spacial score (nSPS) is 13.5. The smallest absolute Gasteiger partial charge is 0.0982 e. The van der Waals surface area contributed by atoms with Crippen molar-refractivity contribution in [1.29, 1.82) is 0 Å². The molecule has 0 aromatic heterocycles. The van der Waals surface area contributed by atoms with Gasteiger partial charge < -0.3 is 10.8 Å². The standard InChI is InChI=1S/C21H20ClNO/c1-14-13-17(9-12-19(14)15-5-3-2-4-6-15)21(24)20(23)16-7-10-18(22)11-8-16/h2-13,20-21,24H,23H2,1H3. The molecule has 122 valence electrons. The maximum absolute atomic E-state index is 10.6. The van der Waals surface area contributed by atoms with E-state index in [2.05, 4.69) is 12.1 Å². The van der Waals surface area contributed by atoms with Crippen LogP contribution in [-0.2, 0) is 0 Å². The molecule has 0 saturated heterocycles. The first kappa shape index (κ1) is 16.7. The van der Waals surface area contributed by atoms with Gasteiger partial charge in [-0.2, -0.15) is 0 Å². The fraction of sp³-hybridized carbons (Fsp3) is 0.143. The van der Waals surface area contributed by atoms with Crippen LogP contribution in [0.15, 0.2) is 72.8 Å². The maximum Gasteiger partial charge on any atom is 0.0982 e. The van der Waals surface area contributed by atoms with Gasteiger partial charge in [-0.15, -0.1) is 0 Å². The van der Waals surface area contributed by atoms with Crippen LogP contribution in [0.4, 0.5) is 0 Å². The second kappa shape index (κ2) is 7.18. The Bertz CT molecular complexity index is 815. The van der Waals surface area contributed by atoms with Crippen molar-refractivity contribution in [3.05, 3.63) is 94.5 Å². The molecule has 0 aliphatic rings. The Kier molecular flexibility index (Phi) is 5.00. The number of aryl methyl sites for hydroxylation is 1. The summed E-state index contributed by atoms with van der Waals surface area (Å²) in [7, 11) is 0. The quantitative estimate of drug-likeness (QED) is 0.699. The number of halogens is 1. The number of rotatable bonds is 4. The van der Waals surface area contributed by atoms with Gasteiger partial charge in [0.1, 0.15) is 0 Å². The van der Waals surface area contributed by atoms with Crippen LogP contribution in [0, 0.1) is 6.92 Å². The summed E-state index contributed by atoms with van der Waals surface area (Å²) in [4.78, 5) is 0. The molecule has 0 aliphatic heterocycles. The van der Waals surface area contributed by atoms with Gasteiger partial charge in [0.25, 0.3) is 0 Å². The Morgan fingerprint density at radius 2 is 1.50 bits per heavy atom. The fourth-order valence-corrected chi connectivity index (χ4v) is 3.01. The van der Waals surface area contributed by atoms with Crippen molar-refractivity contribution in [2.45, 2.75) is 19.1 Å². The van der Waals surface area contributed by atoms with Crippen molar-refractivity contribution >= 4 is 11.6 Å². The summed E-state index contributed by atoms with van der Waals surface area (Å²) in [5.74, 6) is 0. The van der Waals surface area contributed by atoms with Crippen LogP contribution in [-0.4, -0.2) is 5.11 Å². The van der Waals surface area contributed by atoms with Crippen molar-refractivity contribution in [1.82, 2.24) is 0 Å². The molecule has 0 spiro atoms. The zero-order valence-corrected chi connectivity index (χ0v) is 14.2. The van der Waals surface area contributed by atoms with Crippen molar-refractivity contribution < 1.29 is 5.11 Å². The third-order valence-electron chi connectivity index (χ3n) is 4.27. The molecule has 3 heteroatoms. The summed E-state index contributed by atoms with van der Waals surface area (Å²) in [5, 5.41) is 11.3. The SMILES string of the molecule is Cc1cc(C(O)C(N)c2ccc(Cl)cc2)ccc1-c1ccccc1. The van der Waals surface area contributed by atoms with E-state index in [9.17, 15) is 5.11 Å². The molecule has 24 heavy (non-hydrogen) atoms. The number of aliphatic hydroxyl groups excluding tert-OH is 1. The molecule has 3 N–H and O–H groups in total. The third kappa shape index (κ3) is 3.51. The molecule has 3 aromatic carbocycles. The van der Waals surface area contributed by atoms with E-state index in [1.807, 2.05) is 55.5 Å². The highest BCUT2D eigenvalue weighted by Gasteiger charge is 2.19. The van der Waals surface area contributed by atoms with Gasteiger partial charge in [0.15, 0.2) is 0 Å². The average molecular weight is 338 g/mol. The molecule has 0 saturated carbocycles. The molecular weight excluding hydrogens is 318 g/mol. The summed E-state index contributed by atoms with van der Waals surface area (Å²) < 4.78 is 0. The first-order chi connectivity index (χ1) is 11.6. The predicted octanol–water partition coefficient (Wildman–Crippen LogP) is 5.05. The molecule has 3 rings (SSSR count). The summed E-state index contributed by atoms with van der Waals surface area (Å²) in [6.45, 7) is 2.05. The zero-order chi connectivity index (χ0) is 17.1. The number of hydrogen-bond acceptors (Lipinski definition) is 2. The molecule has 0 amide bonds. The third-order valence-corrected chi connectivity index (χ3v) is 4.52. The lowest BCUT2D eigenvalue weighted by Gasteiger charge is -2.21. The van der Waals surface area contributed by atoms with Crippen LogP contribution in [0.5, 0.6) is 0 Å². The van der Waals surface area contributed by atoms with Gasteiger partial charge in [0, 0.05) is 5.02 Å². The summed E-state index contributed by atoms with van der Waals surface area (Å²) in [5.41, 5.74) is 11.3. The molecule has 3 aromatic rings. The van der Waals surface area contributed by atoms with E-state index in [4.69, 9.17) is 17.3 Å². The van der Waals surface area contributed by atoms with Gasteiger partial charge >= 0.3 is 0 Å². The monoisotopic (exact) mass is 337 g/mol. The van der Waals surface area contributed by atoms with Gasteiger partial charge in [-0.1, -0.05) is 72.3 Å². The molecular formula is C21H20ClNO. The molecule has 0 aliphatic carbocycles. The van der Waals surface area contributed by atoms with Crippen molar-refractivity contribution in [3.63, 3.8) is 0 Å². The largest absolute Gasteiger partial charge is 0.386 e. The fourth-order valence-electron chi connectivity index (χ4n) is 2.89. The average Bonchev–Trinajstić information content (AvgIpc) is 2.62. The molecule has 0 bridgehead atoms. The minimum absolute atomic E-state index is 0.496. The molecule has 0 radical (unpaired) electrons. The van der Waals surface area contributed by atoms with Crippen LogP contribution >= 0.6 is 11.6 Å². The topological polar surface area (TPSA) is 46.2 Å². The van der Waals surface area contributed by atoms with E-state index in [1.165, 1.54) is 0 Å². The van der Waals surface area contributed by atoms with E-state index >= 15 is 0 Å². The Morgan fingerprint density at radius 1 is 0.875 bits per heavy atom. The Morgan fingerprint density at radius 3 is 2.12 bits per heavy atom. The van der Waals surface area contributed by atoms with Crippen LogP contribution in [0.2, 0.25) is 5.02 Å². The highest BCUT2D eigenvalue weighted by atomic mass is 35.5. The highest BCUT2D eigenvalue weighted by molar-refractivity contribution is 6.30. The van der Waals surface area contributed by atoms with Crippen molar-refractivity contribution in [2.75, 3.05) is 0 Å². The van der Waals surface area contributed by atoms with Gasteiger partial charge in [-0.25, -0.2) is 0 Å². The van der Waals surface area contributed by atoms with E-state index in [0.29, 0.717) is 5.02 Å². The Hall–Kier alpha value is -2.13. The van der Waals surface area contributed by atoms with Crippen LogP contribution < -0.4 is 5.73 Å². The second-order valence-corrected chi connectivity index (χ2v) is 6.40. The number of hydrogen-bond donors (Lipinski definition) is 2. The Labute approximate surface area is 147 Å².